The van der Waals surface area contributed by atoms with E-state index >= 15 is 0 Å². The van der Waals surface area contributed by atoms with Crippen LogP contribution in [0.1, 0.15) is 35.7 Å². The number of nitrogens with one attached hydrogen (secondary N) is 1. The molecule has 2 aromatic rings. The van der Waals surface area contributed by atoms with Gasteiger partial charge in [-0.1, -0.05) is 32.0 Å². The van der Waals surface area contributed by atoms with Crippen LogP contribution in [-0.2, 0) is 10.0 Å². The minimum Gasteiger partial charge on any atom is -0.478 e. The monoisotopic (exact) mass is 337 g/mol. The third kappa shape index (κ3) is 3.68. The number of carbonyl (C=O) groups is 1. The molecule has 0 saturated carbocycles. The van der Waals surface area contributed by atoms with Crippen molar-refractivity contribution in [3.05, 3.63) is 59.4 Å². The van der Waals surface area contributed by atoms with Gasteiger partial charge >= 0.3 is 5.97 Å². The number of halogens is 1. The summed E-state index contributed by atoms with van der Waals surface area (Å²) in [4.78, 5) is 10.8. The molecule has 0 atom stereocenters. The molecule has 0 heterocycles. The Labute approximate surface area is 133 Å². The quantitative estimate of drug-likeness (QED) is 0.875. The molecular weight excluding hydrogens is 321 g/mol. The van der Waals surface area contributed by atoms with Crippen molar-refractivity contribution in [2.24, 2.45) is 0 Å². The number of hydrogen-bond donors (Lipinski definition) is 2. The van der Waals surface area contributed by atoms with Gasteiger partial charge in [0.25, 0.3) is 10.0 Å². The molecule has 0 aliphatic carbocycles. The fraction of sp³-hybridized carbons (Fsp3) is 0.188. The third-order valence-electron chi connectivity index (χ3n) is 3.31. The van der Waals surface area contributed by atoms with Gasteiger partial charge in [0.15, 0.2) is 0 Å². The lowest BCUT2D eigenvalue weighted by molar-refractivity contribution is 0.0698. The second kappa shape index (κ2) is 6.37. The first-order chi connectivity index (χ1) is 10.7. The van der Waals surface area contributed by atoms with Crippen molar-refractivity contribution in [1.29, 1.82) is 0 Å². The highest BCUT2D eigenvalue weighted by molar-refractivity contribution is 7.92. The molecule has 0 amide bonds. The Kier molecular flexibility index (Phi) is 4.70. The van der Waals surface area contributed by atoms with Crippen LogP contribution < -0.4 is 4.72 Å². The van der Waals surface area contributed by atoms with E-state index in [1.165, 1.54) is 24.3 Å². The summed E-state index contributed by atoms with van der Waals surface area (Å²) in [5.74, 6) is -2.08. The lowest BCUT2D eigenvalue weighted by Crippen LogP contribution is -2.17. The van der Waals surface area contributed by atoms with Crippen molar-refractivity contribution in [2.45, 2.75) is 24.7 Å². The van der Waals surface area contributed by atoms with Gasteiger partial charge in [0.1, 0.15) is 10.7 Å². The maximum atomic E-state index is 13.7. The van der Waals surface area contributed by atoms with Crippen LogP contribution in [0.15, 0.2) is 47.4 Å². The van der Waals surface area contributed by atoms with Crippen LogP contribution in [0.25, 0.3) is 0 Å². The molecule has 0 aliphatic heterocycles. The van der Waals surface area contributed by atoms with Gasteiger partial charge in [0.2, 0.25) is 0 Å². The SMILES string of the molecule is CC(C)c1ccc(NS(=O)(=O)c2ccccc2F)c(C(=O)O)c1. The summed E-state index contributed by atoms with van der Waals surface area (Å²) in [5, 5.41) is 9.28. The number of sulfonamides is 1. The average Bonchev–Trinajstić information content (AvgIpc) is 2.47. The Hall–Kier alpha value is -2.41. The molecule has 0 aliphatic rings. The van der Waals surface area contributed by atoms with Crippen molar-refractivity contribution in [1.82, 2.24) is 0 Å². The normalized spacial score (nSPS) is 11.5. The first kappa shape index (κ1) is 17.0. The van der Waals surface area contributed by atoms with Crippen LogP contribution in [0.3, 0.4) is 0 Å². The minimum absolute atomic E-state index is 0.0883. The molecule has 23 heavy (non-hydrogen) atoms. The van der Waals surface area contributed by atoms with Gasteiger partial charge in [0, 0.05) is 0 Å². The molecule has 0 saturated heterocycles. The number of rotatable bonds is 5. The Morgan fingerprint density at radius 1 is 1.17 bits per heavy atom. The zero-order valence-corrected chi connectivity index (χ0v) is 13.4. The van der Waals surface area contributed by atoms with Gasteiger partial charge in [0.05, 0.1) is 11.3 Å². The lowest BCUT2D eigenvalue weighted by atomic mass is 10.00. The number of aromatic carboxylic acids is 1. The van der Waals surface area contributed by atoms with E-state index in [-0.39, 0.29) is 17.2 Å². The fourth-order valence-corrected chi connectivity index (χ4v) is 3.21. The first-order valence-corrected chi connectivity index (χ1v) is 8.35. The standard InChI is InChI=1S/C16H16FNO4S/c1-10(2)11-7-8-14(12(9-11)16(19)20)18-23(21,22)15-6-4-3-5-13(15)17/h3-10,18H,1-2H3,(H,19,20). The molecular formula is C16H16FNO4S. The van der Waals surface area contributed by atoms with Crippen LogP contribution in [0.5, 0.6) is 0 Å². The van der Waals surface area contributed by atoms with Gasteiger partial charge in [-0.2, -0.15) is 0 Å². The molecule has 0 radical (unpaired) electrons. The molecule has 7 heteroatoms. The van der Waals surface area contributed by atoms with E-state index in [0.717, 1.165) is 17.7 Å². The molecule has 0 fully saturated rings. The van der Waals surface area contributed by atoms with E-state index in [4.69, 9.17) is 0 Å². The summed E-state index contributed by atoms with van der Waals surface area (Å²) in [6, 6.07) is 9.31. The van der Waals surface area contributed by atoms with Crippen LogP contribution >= 0.6 is 0 Å². The molecule has 0 unspecified atom stereocenters. The molecule has 2 aromatic carbocycles. The molecule has 2 rings (SSSR count). The first-order valence-electron chi connectivity index (χ1n) is 6.87. The van der Waals surface area contributed by atoms with Crippen molar-refractivity contribution in [2.75, 3.05) is 4.72 Å². The number of carboxylic acid groups (broad SMARTS) is 1. The predicted octanol–water partition coefficient (Wildman–Crippen LogP) is 3.45. The average molecular weight is 337 g/mol. The smallest absolute Gasteiger partial charge is 0.337 e. The molecule has 0 spiro atoms. The molecule has 0 bridgehead atoms. The second-order valence-corrected chi connectivity index (χ2v) is 6.95. The summed E-state index contributed by atoms with van der Waals surface area (Å²) >= 11 is 0. The Bertz CT molecular complexity index is 847. The molecule has 0 aromatic heterocycles. The maximum Gasteiger partial charge on any atom is 0.337 e. The Morgan fingerprint density at radius 3 is 2.39 bits per heavy atom. The van der Waals surface area contributed by atoms with Crippen molar-refractivity contribution < 1.29 is 22.7 Å². The number of hydrogen-bond acceptors (Lipinski definition) is 3. The molecule has 5 nitrogen and oxygen atoms in total. The van der Waals surface area contributed by atoms with Crippen molar-refractivity contribution >= 4 is 21.7 Å². The summed E-state index contributed by atoms with van der Waals surface area (Å²) in [6.45, 7) is 3.79. The van der Waals surface area contributed by atoms with Crippen molar-refractivity contribution in [3.8, 4) is 0 Å². The molecule has 2 N–H and O–H groups in total. The second-order valence-electron chi connectivity index (χ2n) is 5.30. The zero-order chi connectivity index (χ0) is 17.2. The Balaban J connectivity index is 2.47. The van der Waals surface area contributed by atoms with E-state index in [2.05, 4.69) is 4.72 Å². The highest BCUT2D eigenvalue weighted by atomic mass is 32.2. The highest BCUT2D eigenvalue weighted by Gasteiger charge is 2.22. The van der Waals surface area contributed by atoms with Gasteiger partial charge < -0.3 is 5.11 Å². The topological polar surface area (TPSA) is 83.5 Å². The number of anilines is 1. The Morgan fingerprint density at radius 2 is 1.83 bits per heavy atom. The fourth-order valence-electron chi connectivity index (χ4n) is 2.05. The largest absolute Gasteiger partial charge is 0.478 e. The van der Waals surface area contributed by atoms with Crippen LogP contribution in [0.4, 0.5) is 10.1 Å². The summed E-state index contributed by atoms with van der Waals surface area (Å²) in [5.41, 5.74) is 0.470. The van der Waals surface area contributed by atoms with E-state index in [0.29, 0.717) is 0 Å². The molecule has 122 valence electrons. The maximum absolute atomic E-state index is 13.7. The van der Waals surface area contributed by atoms with Crippen molar-refractivity contribution in [3.63, 3.8) is 0 Å². The summed E-state index contributed by atoms with van der Waals surface area (Å²) in [6.07, 6.45) is 0. The van der Waals surface area contributed by atoms with Gasteiger partial charge in [-0.15, -0.1) is 0 Å². The summed E-state index contributed by atoms with van der Waals surface area (Å²) < 4.78 is 40.4. The van der Waals surface area contributed by atoms with Crippen LogP contribution in [0, 0.1) is 5.82 Å². The van der Waals surface area contributed by atoms with Gasteiger partial charge in [-0.05, 0) is 35.7 Å². The van der Waals surface area contributed by atoms with Crippen LogP contribution in [0.2, 0.25) is 0 Å². The number of carboxylic acids is 1. The zero-order valence-electron chi connectivity index (χ0n) is 12.6. The minimum atomic E-state index is -4.22. The van der Waals surface area contributed by atoms with E-state index in [1.807, 2.05) is 13.8 Å². The van der Waals surface area contributed by atoms with Gasteiger partial charge in [-0.3, -0.25) is 4.72 Å². The highest BCUT2D eigenvalue weighted by Crippen LogP contribution is 2.25. The third-order valence-corrected chi connectivity index (χ3v) is 4.71. The van der Waals surface area contributed by atoms with E-state index < -0.39 is 26.7 Å². The predicted molar refractivity (Wildman–Crippen MR) is 84.7 cm³/mol. The lowest BCUT2D eigenvalue weighted by Gasteiger charge is -2.13. The van der Waals surface area contributed by atoms with Crippen LogP contribution in [-0.4, -0.2) is 19.5 Å². The van der Waals surface area contributed by atoms with Gasteiger partial charge in [-0.25, -0.2) is 17.6 Å². The summed E-state index contributed by atoms with van der Waals surface area (Å²) in [7, 11) is -4.22. The van der Waals surface area contributed by atoms with E-state index in [1.54, 1.807) is 6.07 Å². The van der Waals surface area contributed by atoms with E-state index in [9.17, 15) is 22.7 Å². The number of benzene rings is 2.